The third kappa shape index (κ3) is 3.33. The van der Waals surface area contributed by atoms with Gasteiger partial charge in [0.15, 0.2) is 11.5 Å². The van der Waals surface area contributed by atoms with E-state index in [4.69, 9.17) is 9.47 Å². The van der Waals surface area contributed by atoms with Crippen LogP contribution in [0.4, 0.5) is 11.4 Å². The van der Waals surface area contributed by atoms with Crippen LogP contribution in [0.25, 0.3) is 5.76 Å². The monoisotopic (exact) mass is 445 g/mol. The van der Waals surface area contributed by atoms with Crippen LogP contribution in [0.5, 0.6) is 11.5 Å². The highest BCUT2D eigenvalue weighted by Gasteiger charge is 2.47. The summed E-state index contributed by atoms with van der Waals surface area (Å²) < 4.78 is 10.7. The molecule has 0 bridgehead atoms. The van der Waals surface area contributed by atoms with E-state index in [1.807, 2.05) is 0 Å². The largest absolute Gasteiger partial charge is 0.507 e. The number of benzene rings is 2. The van der Waals surface area contributed by atoms with Crippen molar-refractivity contribution in [2.24, 2.45) is 0 Å². The summed E-state index contributed by atoms with van der Waals surface area (Å²) in [6, 6.07) is 12.3. The Labute approximate surface area is 186 Å². The number of ketones is 1. The number of carbonyl (C=O) groups is 2. The molecule has 1 amide bonds. The highest BCUT2D eigenvalue weighted by molar-refractivity contribution is 6.51. The summed E-state index contributed by atoms with van der Waals surface area (Å²) in [4.78, 5) is 42.2. The van der Waals surface area contributed by atoms with Crippen molar-refractivity contribution in [1.29, 1.82) is 0 Å². The molecule has 2 aromatic carbocycles. The molecule has 10 nitrogen and oxygen atoms in total. The normalized spacial score (nSPS) is 18.5. The quantitative estimate of drug-likeness (QED) is 0.213. The Morgan fingerprint density at radius 2 is 1.91 bits per heavy atom. The van der Waals surface area contributed by atoms with Crippen LogP contribution in [0.1, 0.15) is 17.2 Å². The second-order valence-electron chi connectivity index (χ2n) is 7.30. The molecule has 164 valence electrons. The number of nitro groups is 1. The minimum Gasteiger partial charge on any atom is -0.507 e. The predicted octanol–water partition coefficient (Wildman–Crippen LogP) is 3.34. The summed E-state index contributed by atoms with van der Waals surface area (Å²) in [5, 5.41) is 22.2. The van der Waals surface area contributed by atoms with Gasteiger partial charge in [-0.25, -0.2) is 0 Å². The molecule has 0 radical (unpaired) electrons. The number of rotatable bonds is 4. The second kappa shape index (κ2) is 7.75. The van der Waals surface area contributed by atoms with Crippen LogP contribution in [-0.4, -0.2) is 33.5 Å². The minimum atomic E-state index is -1.02. The fourth-order valence-corrected chi connectivity index (χ4v) is 3.91. The summed E-state index contributed by atoms with van der Waals surface area (Å²) in [5.41, 5.74) is 0.407. The lowest BCUT2D eigenvalue weighted by molar-refractivity contribution is -0.384. The van der Waals surface area contributed by atoms with Crippen molar-refractivity contribution in [2.75, 3.05) is 11.7 Å². The van der Waals surface area contributed by atoms with Crippen LogP contribution < -0.4 is 14.4 Å². The maximum Gasteiger partial charge on any atom is 0.300 e. The van der Waals surface area contributed by atoms with Crippen LogP contribution in [0.15, 0.2) is 72.6 Å². The number of nitro benzene ring substituents is 1. The first-order valence-corrected chi connectivity index (χ1v) is 9.81. The second-order valence-corrected chi connectivity index (χ2v) is 7.30. The van der Waals surface area contributed by atoms with E-state index in [0.717, 1.165) is 6.07 Å². The minimum absolute atomic E-state index is 0.0381. The molecular formula is C23H15N3O7. The van der Waals surface area contributed by atoms with E-state index >= 15 is 0 Å². The molecule has 10 heteroatoms. The fraction of sp³-hybridized carbons (Fsp3) is 0.0870. The number of nitrogens with zero attached hydrogens (tertiary/aromatic N) is 3. The van der Waals surface area contributed by atoms with Crippen molar-refractivity contribution >= 4 is 28.8 Å². The van der Waals surface area contributed by atoms with Crippen LogP contribution in [-0.2, 0) is 9.59 Å². The van der Waals surface area contributed by atoms with Crippen LogP contribution >= 0.6 is 0 Å². The lowest BCUT2D eigenvalue weighted by Crippen LogP contribution is -2.29. The number of hydrogen-bond donors (Lipinski definition) is 1. The topological polar surface area (TPSA) is 132 Å². The Morgan fingerprint density at radius 1 is 1.09 bits per heavy atom. The third-order valence-electron chi connectivity index (χ3n) is 5.41. The first-order valence-electron chi connectivity index (χ1n) is 9.81. The molecule has 3 heterocycles. The predicted molar refractivity (Wildman–Crippen MR) is 115 cm³/mol. The van der Waals surface area contributed by atoms with E-state index in [2.05, 4.69) is 4.98 Å². The van der Waals surface area contributed by atoms with Gasteiger partial charge in [0.1, 0.15) is 5.76 Å². The summed E-state index contributed by atoms with van der Waals surface area (Å²) in [7, 11) is 0. The Kier molecular flexibility index (Phi) is 4.74. The van der Waals surface area contributed by atoms with Crippen molar-refractivity contribution in [3.05, 3.63) is 93.8 Å². The average Bonchev–Trinajstić information content (AvgIpc) is 3.41. The van der Waals surface area contributed by atoms with E-state index in [-0.39, 0.29) is 23.6 Å². The van der Waals surface area contributed by atoms with Crippen molar-refractivity contribution < 1.29 is 29.1 Å². The molecule has 33 heavy (non-hydrogen) atoms. The number of aliphatic hydroxyl groups excluding tert-OH is 1. The number of carbonyl (C=O) groups excluding carboxylic acids is 2. The molecule has 1 fully saturated rings. The number of amides is 1. The van der Waals surface area contributed by atoms with Gasteiger partial charge in [0.05, 0.1) is 16.5 Å². The number of aromatic nitrogens is 1. The van der Waals surface area contributed by atoms with E-state index < -0.39 is 28.4 Å². The SMILES string of the molecule is O=C1C(=O)N(c2ccc3c(c2)OCO3)C(c2cccnc2)/C1=C(\O)c1cccc([N+](=O)[O-])c1. The molecule has 0 aliphatic carbocycles. The number of fused-ring (bicyclic) bond motifs is 1. The first-order chi connectivity index (χ1) is 16.0. The lowest BCUT2D eigenvalue weighted by Gasteiger charge is -2.25. The third-order valence-corrected chi connectivity index (χ3v) is 5.41. The summed E-state index contributed by atoms with van der Waals surface area (Å²) in [6.45, 7) is 0.0381. The van der Waals surface area contributed by atoms with Crippen molar-refractivity contribution in [1.82, 2.24) is 4.98 Å². The molecule has 1 unspecified atom stereocenters. The molecule has 1 atom stereocenters. The van der Waals surface area contributed by atoms with E-state index in [1.54, 1.807) is 30.3 Å². The molecule has 2 aliphatic rings. The van der Waals surface area contributed by atoms with E-state index in [9.17, 15) is 24.8 Å². The summed E-state index contributed by atoms with van der Waals surface area (Å²) >= 11 is 0. The van der Waals surface area contributed by atoms with E-state index in [0.29, 0.717) is 22.7 Å². The zero-order chi connectivity index (χ0) is 23.1. The standard InChI is InChI=1S/C23H15N3O7/c27-21(13-3-1-5-16(9-13)26(30)31)19-20(14-4-2-8-24-11-14)25(23(29)22(19)28)15-6-7-17-18(10-15)33-12-32-17/h1-11,20,27H,12H2/b21-19+. The lowest BCUT2D eigenvalue weighted by atomic mass is 9.96. The number of aliphatic hydroxyl groups is 1. The number of ether oxygens (including phenoxy) is 2. The van der Waals surface area contributed by atoms with Crippen LogP contribution in [0, 0.1) is 10.1 Å². The fourth-order valence-electron chi connectivity index (χ4n) is 3.91. The molecule has 1 saturated heterocycles. The zero-order valence-corrected chi connectivity index (χ0v) is 16.9. The summed E-state index contributed by atoms with van der Waals surface area (Å²) in [6.07, 6.45) is 3.02. The molecule has 1 N–H and O–H groups in total. The van der Waals surface area contributed by atoms with Gasteiger partial charge in [0.25, 0.3) is 17.4 Å². The average molecular weight is 445 g/mol. The van der Waals surface area contributed by atoms with Gasteiger partial charge >= 0.3 is 0 Å². The van der Waals surface area contributed by atoms with Gasteiger partial charge < -0.3 is 14.6 Å². The number of anilines is 1. The van der Waals surface area contributed by atoms with Gasteiger partial charge in [-0.1, -0.05) is 18.2 Å². The van der Waals surface area contributed by atoms with Gasteiger partial charge in [0.2, 0.25) is 6.79 Å². The Balaban J connectivity index is 1.70. The maximum absolute atomic E-state index is 13.1. The Morgan fingerprint density at radius 3 is 2.67 bits per heavy atom. The Hall–Kier alpha value is -4.73. The molecule has 3 aromatic rings. The highest BCUT2D eigenvalue weighted by atomic mass is 16.7. The molecule has 1 aromatic heterocycles. The molecule has 0 spiro atoms. The van der Waals surface area contributed by atoms with Gasteiger partial charge in [-0.3, -0.25) is 29.6 Å². The van der Waals surface area contributed by atoms with Crippen molar-refractivity contribution in [3.63, 3.8) is 0 Å². The van der Waals surface area contributed by atoms with Gasteiger partial charge in [0, 0.05) is 41.8 Å². The highest BCUT2D eigenvalue weighted by Crippen LogP contribution is 2.44. The molecule has 0 saturated carbocycles. The number of pyridine rings is 1. The summed E-state index contributed by atoms with van der Waals surface area (Å²) in [5.74, 6) is -1.39. The van der Waals surface area contributed by atoms with Gasteiger partial charge in [-0.15, -0.1) is 0 Å². The molecule has 5 rings (SSSR count). The maximum atomic E-state index is 13.1. The zero-order valence-electron chi connectivity index (χ0n) is 16.9. The van der Waals surface area contributed by atoms with Crippen molar-refractivity contribution in [3.8, 4) is 11.5 Å². The number of Topliss-reactive ketones (excluding diaryl/α,β-unsaturated/α-hetero) is 1. The molecular weight excluding hydrogens is 430 g/mol. The van der Waals surface area contributed by atoms with Gasteiger partial charge in [-0.2, -0.15) is 0 Å². The van der Waals surface area contributed by atoms with E-state index in [1.165, 1.54) is 35.5 Å². The van der Waals surface area contributed by atoms with Crippen LogP contribution in [0.2, 0.25) is 0 Å². The first kappa shape index (κ1) is 20.2. The smallest absolute Gasteiger partial charge is 0.300 e. The van der Waals surface area contributed by atoms with Crippen LogP contribution in [0.3, 0.4) is 0 Å². The molecule has 2 aliphatic heterocycles. The number of non-ortho nitro benzene ring substituents is 1. The Bertz CT molecular complexity index is 1340. The number of hydrogen-bond acceptors (Lipinski definition) is 8. The van der Waals surface area contributed by atoms with Gasteiger partial charge in [-0.05, 0) is 23.8 Å². The van der Waals surface area contributed by atoms with Crippen molar-refractivity contribution in [2.45, 2.75) is 6.04 Å².